The molecule has 3 rings (SSSR count). The number of amides is 1. The molecule has 0 saturated heterocycles. The van der Waals surface area contributed by atoms with E-state index in [1.54, 1.807) is 30.5 Å². The maximum Gasteiger partial charge on any atom is 0.277 e. The highest BCUT2D eigenvalue weighted by Crippen LogP contribution is 2.22. The van der Waals surface area contributed by atoms with Gasteiger partial charge in [0.05, 0.1) is 6.21 Å². The van der Waals surface area contributed by atoms with E-state index in [4.69, 9.17) is 16.3 Å². The van der Waals surface area contributed by atoms with E-state index >= 15 is 0 Å². The van der Waals surface area contributed by atoms with Crippen LogP contribution in [0.1, 0.15) is 22.5 Å². The molecule has 6 heteroatoms. The molecule has 1 N–H and O–H groups in total. The molecule has 0 aliphatic rings. The van der Waals surface area contributed by atoms with Gasteiger partial charge < -0.3 is 9.30 Å². The van der Waals surface area contributed by atoms with Crippen molar-refractivity contribution in [3.05, 3.63) is 82.1 Å². The maximum atomic E-state index is 11.9. The highest BCUT2D eigenvalue weighted by atomic mass is 35.5. The van der Waals surface area contributed by atoms with Crippen LogP contribution in [0.5, 0.6) is 5.75 Å². The third-order valence-corrected chi connectivity index (χ3v) is 4.66. The molecule has 144 valence electrons. The Morgan fingerprint density at radius 3 is 2.57 bits per heavy atom. The van der Waals surface area contributed by atoms with E-state index in [0.29, 0.717) is 10.8 Å². The summed E-state index contributed by atoms with van der Waals surface area (Å²) in [5.41, 5.74) is 7.93. The summed E-state index contributed by atoms with van der Waals surface area (Å²) in [6, 6.07) is 17.1. The Labute approximate surface area is 169 Å². The van der Waals surface area contributed by atoms with Crippen LogP contribution in [0.4, 0.5) is 0 Å². The van der Waals surface area contributed by atoms with Crippen molar-refractivity contribution in [1.29, 1.82) is 0 Å². The van der Waals surface area contributed by atoms with Crippen molar-refractivity contribution in [2.45, 2.75) is 20.8 Å². The topological polar surface area (TPSA) is 55.6 Å². The summed E-state index contributed by atoms with van der Waals surface area (Å²) in [4.78, 5) is 11.9. The Morgan fingerprint density at radius 2 is 1.86 bits per heavy atom. The van der Waals surface area contributed by atoms with Crippen molar-refractivity contribution in [2.24, 2.45) is 5.10 Å². The number of aryl methyl sites for hydroxylation is 2. The Bertz CT molecular complexity index is 1010. The lowest BCUT2D eigenvalue weighted by Gasteiger charge is -2.12. The highest BCUT2D eigenvalue weighted by molar-refractivity contribution is 6.30. The van der Waals surface area contributed by atoms with Gasteiger partial charge in [-0.05, 0) is 62.7 Å². The van der Waals surface area contributed by atoms with Crippen LogP contribution < -0.4 is 10.2 Å². The molecule has 0 radical (unpaired) electrons. The molecule has 0 atom stereocenters. The fourth-order valence-corrected chi connectivity index (χ4v) is 3.12. The summed E-state index contributed by atoms with van der Waals surface area (Å²) in [6.45, 7) is 6.05. The summed E-state index contributed by atoms with van der Waals surface area (Å²) in [7, 11) is 0. The first-order valence-electron chi connectivity index (χ1n) is 8.91. The van der Waals surface area contributed by atoms with Crippen LogP contribution in [0.2, 0.25) is 5.02 Å². The molecule has 0 spiro atoms. The maximum absolute atomic E-state index is 11.9. The first-order chi connectivity index (χ1) is 13.5. The number of hydrogen-bond donors (Lipinski definition) is 1. The number of halogens is 1. The lowest BCUT2D eigenvalue weighted by molar-refractivity contribution is -0.123. The summed E-state index contributed by atoms with van der Waals surface area (Å²) < 4.78 is 7.58. The number of para-hydroxylation sites is 1. The van der Waals surface area contributed by atoms with Gasteiger partial charge >= 0.3 is 0 Å². The fraction of sp³-hybridized carbons (Fsp3) is 0.182. The van der Waals surface area contributed by atoms with Gasteiger partial charge in [-0.3, -0.25) is 4.79 Å². The number of carbonyl (C=O) groups is 1. The zero-order valence-electron chi connectivity index (χ0n) is 16.1. The summed E-state index contributed by atoms with van der Waals surface area (Å²) in [5, 5.41) is 4.68. The summed E-state index contributed by atoms with van der Waals surface area (Å²) in [5.74, 6) is 0.240. The molecule has 0 aliphatic heterocycles. The van der Waals surface area contributed by atoms with Gasteiger partial charge in [0.1, 0.15) is 5.75 Å². The predicted molar refractivity (Wildman–Crippen MR) is 113 cm³/mol. The van der Waals surface area contributed by atoms with E-state index in [2.05, 4.69) is 41.1 Å². The minimum atomic E-state index is -0.334. The van der Waals surface area contributed by atoms with Gasteiger partial charge in [0.25, 0.3) is 5.91 Å². The lowest BCUT2D eigenvalue weighted by Crippen LogP contribution is -2.24. The average Bonchev–Trinajstić information content (AvgIpc) is 2.95. The Balaban J connectivity index is 1.63. The van der Waals surface area contributed by atoms with Crippen molar-refractivity contribution in [3.63, 3.8) is 0 Å². The number of benzene rings is 2. The largest absolute Gasteiger partial charge is 0.484 e. The zero-order chi connectivity index (χ0) is 20.1. The van der Waals surface area contributed by atoms with Crippen LogP contribution in [0.25, 0.3) is 5.69 Å². The van der Waals surface area contributed by atoms with Gasteiger partial charge in [0.2, 0.25) is 0 Å². The number of ether oxygens (including phenoxy) is 1. The molecule has 3 aromatic rings. The van der Waals surface area contributed by atoms with Crippen LogP contribution >= 0.6 is 11.6 Å². The molecule has 1 amide bonds. The number of nitrogens with one attached hydrogen (secondary N) is 1. The number of hydrazone groups is 1. The van der Waals surface area contributed by atoms with Crippen molar-refractivity contribution >= 4 is 23.7 Å². The van der Waals surface area contributed by atoms with Crippen molar-refractivity contribution in [3.8, 4) is 11.4 Å². The van der Waals surface area contributed by atoms with E-state index in [0.717, 1.165) is 22.6 Å². The molecular weight excluding hydrogens is 374 g/mol. The van der Waals surface area contributed by atoms with E-state index in [-0.39, 0.29) is 12.5 Å². The zero-order valence-corrected chi connectivity index (χ0v) is 16.8. The molecule has 1 aromatic heterocycles. The normalized spacial score (nSPS) is 11.0. The second-order valence-electron chi connectivity index (χ2n) is 6.48. The second kappa shape index (κ2) is 8.76. The van der Waals surface area contributed by atoms with Gasteiger partial charge in [0, 0.05) is 27.7 Å². The molecule has 0 unspecified atom stereocenters. The van der Waals surface area contributed by atoms with Crippen LogP contribution in [0, 0.1) is 20.8 Å². The first-order valence-corrected chi connectivity index (χ1v) is 9.28. The smallest absolute Gasteiger partial charge is 0.277 e. The number of nitrogens with zero attached hydrogens (tertiary/aromatic N) is 2. The quantitative estimate of drug-likeness (QED) is 0.490. The molecular formula is C22H22ClN3O2. The third-order valence-electron chi connectivity index (χ3n) is 4.40. The van der Waals surface area contributed by atoms with E-state index in [1.165, 1.54) is 5.56 Å². The van der Waals surface area contributed by atoms with E-state index < -0.39 is 0 Å². The molecule has 0 aliphatic carbocycles. The average molecular weight is 396 g/mol. The van der Waals surface area contributed by atoms with Gasteiger partial charge in [-0.15, -0.1) is 0 Å². The van der Waals surface area contributed by atoms with Crippen LogP contribution in [-0.4, -0.2) is 23.3 Å². The molecule has 28 heavy (non-hydrogen) atoms. The lowest BCUT2D eigenvalue weighted by atomic mass is 10.2. The number of aromatic nitrogens is 1. The van der Waals surface area contributed by atoms with Crippen LogP contribution in [0.15, 0.2) is 59.7 Å². The predicted octanol–water partition coefficient (Wildman–Crippen LogP) is 4.59. The molecule has 1 heterocycles. The molecule has 2 aromatic carbocycles. The van der Waals surface area contributed by atoms with Crippen molar-refractivity contribution in [1.82, 2.24) is 9.99 Å². The number of rotatable bonds is 6. The first kappa shape index (κ1) is 19.7. The number of carbonyl (C=O) groups excluding carboxylic acids is 1. The minimum absolute atomic E-state index is 0.124. The van der Waals surface area contributed by atoms with Crippen LogP contribution in [-0.2, 0) is 4.79 Å². The van der Waals surface area contributed by atoms with Crippen LogP contribution in [0.3, 0.4) is 0 Å². The standard InChI is InChI=1S/C22H22ClN3O2/c1-15-6-4-5-7-21(15)26-16(2)12-18(17(26)3)13-24-25-22(27)14-28-20-10-8-19(23)9-11-20/h4-13H,14H2,1-3H3,(H,25,27)/b24-13-. The van der Waals surface area contributed by atoms with Gasteiger partial charge in [-0.1, -0.05) is 29.8 Å². The summed E-state index contributed by atoms with van der Waals surface area (Å²) >= 11 is 5.82. The van der Waals surface area contributed by atoms with Crippen molar-refractivity contribution in [2.75, 3.05) is 6.61 Å². The molecule has 5 nitrogen and oxygen atoms in total. The second-order valence-corrected chi connectivity index (χ2v) is 6.92. The monoisotopic (exact) mass is 395 g/mol. The van der Waals surface area contributed by atoms with Crippen molar-refractivity contribution < 1.29 is 9.53 Å². The Hall–Kier alpha value is -3.05. The van der Waals surface area contributed by atoms with E-state index in [9.17, 15) is 4.79 Å². The molecule has 0 saturated carbocycles. The Kier molecular flexibility index (Phi) is 6.16. The minimum Gasteiger partial charge on any atom is -0.484 e. The Morgan fingerprint density at radius 1 is 1.14 bits per heavy atom. The fourth-order valence-electron chi connectivity index (χ4n) is 2.99. The number of hydrogen-bond acceptors (Lipinski definition) is 3. The SMILES string of the molecule is Cc1ccccc1-n1c(C)cc(/C=N\NC(=O)COc2ccc(Cl)cc2)c1C. The molecule has 0 fully saturated rings. The summed E-state index contributed by atoms with van der Waals surface area (Å²) in [6.07, 6.45) is 1.65. The van der Waals surface area contributed by atoms with Gasteiger partial charge in [-0.25, -0.2) is 5.43 Å². The molecule has 0 bridgehead atoms. The van der Waals surface area contributed by atoms with Gasteiger partial charge in [0.15, 0.2) is 6.61 Å². The highest BCUT2D eigenvalue weighted by Gasteiger charge is 2.11. The van der Waals surface area contributed by atoms with E-state index in [1.807, 2.05) is 25.1 Å². The van der Waals surface area contributed by atoms with Gasteiger partial charge in [-0.2, -0.15) is 5.10 Å². The third kappa shape index (κ3) is 4.61.